The Morgan fingerprint density at radius 2 is 1.94 bits per heavy atom. The first-order valence-corrected chi connectivity index (χ1v) is 7.64. The van der Waals surface area contributed by atoms with Gasteiger partial charge in [-0.15, -0.1) is 6.58 Å². The molecule has 0 bridgehead atoms. The van der Waals surface area contributed by atoms with Crippen LogP contribution in [-0.4, -0.2) is 16.1 Å². The summed E-state index contributed by atoms with van der Waals surface area (Å²) in [6.07, 6.45) is 10.7. The Kier molecular flexibility index (Phi) is 8.95. The molecule has 0 heterocycles. The predicted octanol–water partition coefficient (Wildman–Crippen LogP) is 3.61. The predicted molar refractivity (Wildman–Crippen MR) is 76.8 cm³/mol. The maximum atomic E-state index is 6.01. The average molecular weight is 242 g/mol. The molecule has 0 aliphatic carbocycles. The molecular formula is C14H30OSi. The molecule has 0 aromatic carbocycles. The normalized spacial score (nSPS) is 16.9. The number of hydrogen-bond acceptors (Lipinski definition) is 1. The van der Waals surface area contributed by atoms with Gasteiger partial charge in [-0.05, 0) is 25.2 Å². The lowest BCUT2D eigenvalue weighted by Gasteiger charge is -2.38. The number of hydrogen-bond donors (Lipinski definition) is 0. The first kappa shape index (κ1) is 15.9. The monoisotopic (exact) mass is 242 g/mol. The molecule has 0 spiro atoms. The van der Waals surface area contributed by atoms with Crippen LogP contribution >= 0.6 is 0 Å². The highest BCUT2D eigenvalue weighted by molar-refractivity contribution is 5.98. The summed E-state index contributed by atoms with van der Waals surface area (Å²) < 4.78 is 6.01. The van der Waals surface area contributed by atoms with Gasteiger partial charge in [0.15, 0.2) is 0 Å². The van der Waals surface area contributed by atoms with E-state index in [1.807, 2.05) is 6.08 Å². The molecule has 16 heavy (non-hydrogen) atoms. The largest absolute Gasteiger partial charge is 0.422 e. The van der Waals surface area contributed by atoms with Crippen LogP contribution in [0.3, 0.4) is 0 Å². The minimum absolute atomic E-state index is 0.0964. The molecule has 2 heteroatoms. The zero-order valence-corrected chi connectivity index (χ0v) is 13.7. The highest BCUT2D eigenvalue weighted by Gasteiger charge is 2.33. The Morgan fingerprint density at radius 1 is 1.31 bits per heavy atom. The molecule has 0 fully saturated rings. The lowest BCUT2D eigenvalue weighted by Crippen LogP contribution is -2.38. The van der Waals surface area contributed by atoms with E-state index in [-0.39, 0.29) is 5.60 Å². The molecule has 0 aromatic rings. The average Bonchev–Trinajstić information content (AvgIpc) is 2.31. The van der Waals surface area contributed by atoms with Crippen molar-refractivity contribution < 1.29 is 4.43 Å². The highest BCUT2D eigenvalue weighted by atomic mass is 28.2. The van der Waals surface area contributed by atoms with Crippen LogP contribution in [0.1, 0.15) is 65.7 Å². The number of unbranched alkanes of at least 4 members (excludes halogenated alkanes) is 2. The van der Waals surface area contributed by atoms with Crippen LogP contribution < -0.4 is 0 Å². The van der Waals surface area contributed by atoms with Gasteiger partial charge in [0.2, 0.25) is 0 Å². The van der Waals surface area contributed by atoms with E-state index in [9.17, 15) is 0 Å². The summed E-state index contributed by atoms with van der Waals surface area (Å²) >= 11 is 0. The molecule has 96 valence electrons. The van der Waals surface area contributed by atoms with Crippen LogP contribution in [-0.2, 0) is 4.43 Å². The number of rotatable bonds is 10. The van der Waals surface area contributed by atoms with Crippen molar-refractivity contribution in [2.24, 2.45) is 5.92 Å². The molecule has 0 rings (SSSR count). The summed E-state index contributed by atoms with van der Waals surface area (Å²) in [5.74, 6) is 0.662. The second kappa shape index (κ2) is 9.00. The summed E-state index contributed by atoms with van der Waals surface area (Å²) in [4.78, 5) is 0. The lowest BCUT2D eigenvalue weighted by atomic mass is 9.79. The van der Waals surface area contributed by atoms with E-state index >= 15 is 0 Å². The summed E-state index contributed by atoms with van der Waals surface area (Å²) in [6.45, 7) is 10.8. The van der Waals surface area contributed by atoms with Gasteiger partial charge in [-0.3, -0.25) is 0 Å². The molecule has 1 nitrogen and oxygen atoms in total. The zero-order valence-electron chi connectivity index (χ0n) is 11.7. The smallest absolute Gasteiger partial charge is 0.146 e. The van der Waals surface area contributed by atoms with Gasteiger partial charge in [-0.25, -0.2) is 0 Å². The maximum absolute atomic E-state index is 6.01. The van der Waals surface area contributed by atoms with Crippen molar-refractivity contribution in [3.63, 3.8) is 0 Å². The first-order valence-electron chi connectivity index (χ1n) is 6.82. The van der Waals surface area contributed by atoms with Crippen molar-refractivity contribution in [2.75, 3.05) is 0 Å². The Balaban J connectivity index is 4.50. The van der Waals surface area contributed by atoms with Crippen LogP contribution in [0.25, 0.3) is 0 Å². The van der Waals surface area contributed by atoms with Gasteiger partial charge in [0, 0.05) is 0 Å². The summed E-state index contributed by atoms with van der Waals surface area (Å²) in [6, 6.07) is 0. The van der Waals surface area contributed by atoms with Gasteiger partial charge >= 0.3 is 0 Å². The van der Waals surface area contributed by atoms with E-state index in [4.69, 9.17) is 4.43 Å². The Labute approximate surface area is 105 Å². The summed E-state index contributed by atoms with van der Waals surface area (Å²) in [5.41, 5.74) is 0.0964. The van der Waals surface area contributed by atoms with E-state index in [2.05, 4.69) is 27.4 Å². The third kappa shape index (κ3) is 4.83. The van der Waals surface area contributed by atoms with E-state index in [1.165, 1.54) is 38.5 Å². The van der Waals surface area contributed by atoms with E-state index in [1.54, 1.807) is 0 Å². The molecule has 2 atom stereocenters. The third-order valence-electron chi connectivity index (χ3n) is 3.74. The van der Waals surface area contributed by atoms with Crippen LogP contribution in [0, 0.1) is 5.92 Å². The van der Waals surface area contributed by atoms with Crippen LogP contribution in [0.15, 0.2) is 12.7 Å². The fourth-order valence-corrected chi connectivity index (χ4v) is 3.20. The second-order valence-corrected chi connectivity index (χ2v) is 5.32. The lowest BCUT2D eigenvalue weighted by molar-refractivity contribution is 0.0105. The molecule has 0 aromatic heterocycles. The van der Waals surface area contributed by atoms with Crippen molar-refractivity contribution in [1.29, 1.82) is 0 Å². The molecule has 0 saturated carbocycles. The molecule has 0 saturated heterocycles. The summed E-state index contributed by atoms with van der Waals surface area (Å²) in [7, 11) is 0.836. The van der Waals surface area contributed by atoms with Crippen LogP contribution in [0.4, 0.5) is 0 Å². The SMILES string of the molecule is C=CCC(CCCC)(O[SiH3])C(C)CCCC. The second-order valence-electron chi connectivity index (χ2n) is 4.91. The minimum atomic E-state index is 0.0964. The standard InChI is InChI=1S/C14H30OSi/c1-5-8-10-13(4)14(15-16,11-7-3)12-9-6-2/h7,13H,3,5-6,8-12H2,1-2,4,16H3. The quantitative estimate of drug-likeness (QED) is 0.420. The van der Waals surface area contributed by atoms with Crippen molar-refractivity contribution in [1.82, 2.24) is 0 Å². The topological polar surface area (TPSA) is 9.23 Å². The van der Waals surface area contributed by atoms with Gasteiger partial charge in [0.05, 0.1) is 5.60 Å². The van der Waals surface area contributed by atoms with Crippen molar-refractivity contribution in [2.45, 2.75) is 71.3 Å². The van der Waals surface area contributed by atoms with Crippen molar-refractivity contribution in [3.8, 4) is 0 Å². The molecule has 0 amide bonds. The van der Waals surface area contributed by atoms with E-state index in [0.717, 1.165) is 16.9 Å². The van der Waals surface area contributed by atoms with Crippen molar-refractivity contribution in [3.05, 3.63) is 12.7 Å². The molecule has 2 unspecified atom stereocenters. The maximum Gasteiger partial charge on any atom is 0.146 e. The molecule has 0 radical (unpaired) electrons. The fraction of sp³-hybridized carbons (Fsp3) is 0.857. The first-order chi connectivity index (χ1) is 7.66. The van der Waals surface area contributed by atoms with Gasteiger partial charge in [-0.1, -0.05) is 52.5 Å². The Hall–Kier alpha value is -0.0831. The van der Waals surface area contributed by atoms with Crippen molar-refractivity contribution >= 4 is 10.5 Å². The van der Waals surface area contributed by atoms with Gasteiger partial charge < -0.3 is 4.43 Å². The highest BCUT2D eigenvalue weighted by Crippen LogP contribution is 2.34. The van der Waals surface area contributed by atoms with Crippen LogP contribution in [0.2, 0.25) is 0 Å². The van der Waals surface area contributed by atoms with Gasteiger partial charge in [0.1, 0.15) is 10.5 Å². The van der Waals surface area contributed by atoms with Crippen LogP contribution in [0.5, 0.6) is 0 Å². The molecule has 0 aliphatic heterocycles. The van der Waals surface area contributed by atoms with E-state index in [0.29, 0.717) is 5.92 Å². The Morgan fingerprint density at radius 3 is 2.38 bits per heavy atom. The third-order valence-corrected chi connectivity index (χ3v) is 4.55. The van der Waals surface area contributed by atoms with Gasteiger partial charge in [-0.2, -0.15) is 0 Å². The fourth-order valence-electron chi connectivity index (χ4n) is 2.43. The molecule has 0 N–H and O–H groups in total. The minimum Gasteiger partial charge on any atom is -0.422 e. The zero-order chi connectivity index (χ0) is 12.4. The molecule has 0 aliphatic rings. The summed E-state index contributed by atoms with van der Waals surface area (Å²) in [5, 5.41) is 0. The Bertz CT molecular complexity index is 182. The van der Waals surface area contributed by atoms with E-state index < -0.39 is 0 Å². The van der Waals surface area contributed by atoms with Gasteiger partial charge in [0.25, 0.3) is 0 Å². The molecular weight excluding hydrogens is 212 g/mol.